The molecule has 1 heterocycles. The van der Waals surface area contributed by atoms with Crippen molar-refractivity contribution in [2.75, 3.05) is 5.75 Å². The first-order valence-corrected chi connectivity index (χ1v) is 7.62. The number of halogens is 1. The molecule has 1 aromatic rings. The fraction of sp³-hybridized carbons (Fsp3) is 0.500. The molecule has 0 aromatic heterocycles. The molecule has 0 saturated heterocycles. The summed E-state index contributed by atoms with van der Waals surface area (Å²) in [6.07, 6.45) is 0.927. The zero-order chi connectivity index (χ0) is 14.2. The van der Waals surface area contributed by atoms with Gasteiger partial charge in [0.05, 0.1) is 22.8 Å². The highest BCUT2D eigenvalue weighted by atomic mass is 35.5. The maximum Gasteiger partial charge on any atom is 0.336 e. The molecule has 2 rings (SSSR count). The van der Waals surface area contributed by atoms with E-state index in [2.05, 4.69) is 0 Å². The summed E-state index contributed by atoms with van der Waals surface area (Å²) in [6.45, 7) is 5.81. The molecule has 0 aliphatic carbocycles. The van der Waals surface area contributed by atoms with Gasteiger partial charge in [0.1, 0.15) is 0 Å². The first-order valence-electron chi connectivity index (χ1n) is 6.26. The normalized spacial score (nSPS) is 18.5. The average Bonchev–Trinajstić information content (AvgIpc) is 2.32. The number of ether oxygens (including phenoxy) is 1. The maximum absolute atomic E-state index is 11.3. The van der Waals surface area contributed by atoms with Crippen LogP contribution in [0.15, 0.2) is 11.0 Å². The lowest BCUT2D eigenvalue weighted by atomic mass is 9.96. The van der Waals surface area contributed by atoms with Crippen LogP contribution in [0.2, 0.25) is 5.02 Å². The van der Waals surface area contributed by atoms with Gasteiger partial charge in [0.25, 0.3) is 0 Å². The Morgan fingerprint density at radius 3 is 2.84 bits per heavy atom. The molecule has 0 bridgehead atoms. The van der Waals surface area contributed by atoms with Crippen LogP contribution in [0.4, 0.5) is 0 Å². The zero-order valence-electron chi connectivity index (χ0n) is 11.2. The maximum atomic E-state index is 11.3. The van der Waals surface area contributed by atoms with E-state index in [0.29, 0.717) is 5.02 Å². The second kappa shape index (κ2) is 5.73. The quantitative estimate of drug-likeness (QED) is 0.903. The van der Waals surface area contributed by atoms with Crippen molar-refractivity contribution < 1.29 is 14.6 Å². The molecule has 1 atom stereocenters. The van der Waals surface area contributed by atoms with Crippen LogP contribution in [-0.4, -0.2) is 22.9 Å². The third-order valence-corrected chi connectivity index (χ3v) is 4.73. The molecule has 1 aliphatic rings. The monoisotopic (exact) mass is 300 g/mol. The van der Waals surface area contributed by atoms with Crippen LogP contribution in [0.5, 0.6) is 0 Å². The highest BCUT2D eigenvalue weighted by molar-refractivity contribution is 7.99. The molecule has 0 radical (unpaired) electrons. The lowest BCUT2D eigenvalue weighted by Gasteiger charge is -2.29. The minimum atomic E-state index is -0.943. The SMILES string of the molecule is Cc1c(C(=O)O)cc(Cl)c2c1C(OC(C)C)CCS2. The topological polar surface area (TPSA) is 46.5 Å². The molecule has 1 aliphatic heterocycles. The van der Waals surface area contributed by atoms with Gasteiger partial charge in [-0.25, -0.2) is 4.79 Å². The molecular formula is C14H17ClO3S. The minimum Gasteiger partial charge on any atom is -0.478 e. The van der Waals surface area contributed by atoms with Gasteiger partial charge in [0, 0.05) is 10.6 Å². The summed E-state index contributed by atoms with van der Waals surface area (Å²) in [5.41, 5.74) is 1.99. The molecule has 0 fully saturated rings. The molecule has 0 saturated carbocycles. The number of benzene rings is 1. The second-order valence-electron chi connectivity index (χ2n) is 4.89. The number of fused-ring (bicyclic) bond motifs is 1. The van der Waals surface area contributed by atoms with Crippen molar-refractivity contribution in [2.45, 2.75) is 44.3 Å². The van der Waals surface area contributed by atoms with Crippen LogP contribution in [0.1, 0.15) is 47.9 Å². The van der Waals surface area contributed by atoms with Crippen molar-refractivity contribution in [3.63, 3.8) is 0 Å². The number of carbonyl (C=O) groups is 1. The molecule has 3 nitrogen and oxygen atoms in total. The molecular weight excluding hydrogens is 284 g/mol. The van der Waals surface area contributed by atoms with Crippen molar-refractivity contribution >= 4 is 29.3 Å². The van der Waals surface area contributed by atoms with Gasteiger partial charge in [-0.15, -0.1) is 11.8 Å². The Bertz CT molecular complexity index is 514. The number of hydrogen-bond donors (Lipinski definition) is 1. The third kappa shape index (κ3) is 2.91. The predicted octanol–water partition coefficient (Wildman–Crippen LogP) is 4.31. The Balaban J connectivity index is 2.56. The fourth-order valence-electron chi connectivity index (χ4n) is 2.38. The molecule has 1 unspecified atom stereocenters. The van der Waals surface area contributed by atoms with Gasteiger partial charge in [0.2, 0.25) is 0 Å². The van der Waals surface area contributed by atoms with E-state index in [0.717, 1.165) is 28.2 Å². The van der Waals surface area contributed by atoms with E-state index in [-0.39, 0.29) is 17.8 Å². The van der Waals surface area contributed by atoms with Crippen molar-refractivity contribution in [2.24, 2.45) is 0 Å². The number of aromatic carboxylic acids is 1. The van der Waals surface area contributed by atoms with Gasteiger partial charge in [-0.2, -0.15) is 0 Å². The van der Waals surface area contributed by atoms with E-state index in [1.807, 2.05) is 20.8 Å². The van der Waals surface area contributed by atoms with E-state index >= 15 is 0 Å². The summed E-state index contributed by atoms with van der Waals surface area (Å²) in [4.78, 5) is 12.3. The zero-order valence-corrected chi connectivity index (χ0v) is 12.8. The smallest absolute Gasteiger partial charge is 0.336 e. The van der Waals surface area contributed by atoms with Gasteiger partial charge >= 0.3 is 5.97 Å². The van der Waals surface area contributed by atoms with Crippen LogP contribution in [0, 0.1) is 6.92 Å². The largest absolute Gasteiger partial charge is 0.478 e. The Hall–Kier alpha value is -0.710. The van der Waals surface area contributed by atoms with Crippen LogP contribution in [-0.2, 0) is 4.74 Å². The molecule has 104 valence electrons. The highest BCUT2D eigenvalue weighted by Crippen LogP contribution is 2.45. The fourth-order valence-corrected chi connectivity index (χ4v) is 3.93. The van der Waals surface area contributed by atoms with Crippen LogP contribution in [0.3, 0.4) is 0 Å². The molecule has 1 aromatic carbocycles. The van der Waals surface area contributed by atoms with Crippen molar-refractivity contribution in [1.82, 2.24) is 0 Å². The molecule has 0 amide bonds. The van der Waals surface area contributed by atoms with Crippen LogP contribution < -0.4 is 0 Å². The summed E-state index contributed by atoms with van der Waals surface area (Å²) in [5.74, 6) is -0.00301. The summed E-state index contributed by atoms with van der Waals surface area (Å²) < 4.78 is 5.92. The first kappa shape index (κ1) is 14.7. The van der Waals surface area contributed by atoms with Gasteiger partial charge in [-0.1, -0.05) is 11.6 Å². The molecule has 0 spiro atoms. The number of carboxylic acid groups (broad SMARTS) is 1. The lowest BCUT2D eigenvalue weighted by molar-refractivity contribution is 0.00234. The van der Waals surface area contributed by atoms with Gasteiger partial charge in [-0.05, 0) is 44.4 Å². The van der Waals surface area contributed by atoms with E-state index in [9.17, 15) is 9.90 Å². The third-order valence-electron chi connectivity index (χ3n) is 3.16. The Morgan fingerprint density at radius 1 is 1.58 bits per heavy atom. The van der Waals surface area contributed by atoms with Crippen molar-refractivity contribution in [1.29, 1.82) is 0 Å². The number of carboxylic acids is 1. The van der Waals surface area contributed by atoms with E-state index in [4.69, 9.17) is 16.3 Å². The second-order valence-corrected chi connectivity index (χ2v) is 6.40. The number of rotatable bonds is 3. The summed E-state index contributed by atoms with van der Waals surface area (Å²) >= 11 is 7.90. The Kier molecular flexibility index (Phi) is 4.43. The van der Waals surface area contributed by atoms with Gasteiger partial charge < -0.3 is 9.84 Å². The van der Waals surface area contributed by atoms with E-state index in [1.165, 1.54) is 0 Å². The Labute approximate surface area is 122 Å². The highest BCUT2D eigenvalue weighted by Gasteiger charge is 2.28. The predicted molar refractivity (Wildman–Crippen MR) is 77.5 cm³/mol. The van der Waals surface area contributed by atoms with Crippen molar-refractivity contribution in [3.05, 3.63) is 27.8 Å². The number of thioether (sulfide) groups is 1. The molecule has 1 N–H and O–H groups in total. The first-order chi connectivity index (χ1) is 8.91. The van der Waals surface area contributed by atoms with Gasteiger partial charge in [0.15, 0.2) is 0 Å². The molecule has 5 heteroatoms. The standard InChI is InChI=1S/C14H17ClO3S/c1-7(2)18-11-4-5-19-13-10(15)6-9(14(16)17)8(3)12(11)13/h6-7,11H,4-5H2,1-3H3,(H,16,17). The molecule has 19 heavy (non-hydrogen) atoms. The minimum absolute atomic E-state index is 0.0620. The van der Waals surface area contributed by atoms with Crippen molar-refractivity contribution in [3.8, 4) is 0 Å². The number of hydrogen-bond acceptors (Lipinski definition) is 3. The van der Waals surface area contributed by atoms with Gasteiger partial charge in [-0.3, -0.25) is 0 Å². The van der Waals surface area contributed by atoms with Crippen LogP contribution >= 0.6 is 23.4 Å². The average molecular weight is 301 g/mol. The van der Waals surface area contributed by atoms with E-state index in [1.54, 1.807) is 17.8 Å². The summed E-state index contributed by atoms with van der Waals surface area (Å²) in [5, 5.41) is 9.77. The summed E-state index contributed by atoms with van der Waals surface area (Å²) in [6, 6.07) is 1.54. The lowest BCUT2D eigenvalue weighted by Crippen LogP contribution is -2.18. The van der Waals surface area contributed by atoms with E-state index < -0.39 is 5.97 Å². The van der Waals surface area contributed by atoms with Crippen LogP contribution in [0.25, 0.3) is 0 Å². The Morgan fingerprint density at radius 2 is 2.26 bits per heavy atom. The summed E-state index contributed by atoms with van der Waals surface area (Å²) in [7, 11) is 0.